The molecule has 1 aliphatic rings. The van der Waals surface area contributed by atoms with Gasteiger partial charge in [-0.1, -0.05) is 17.7 Å². The van der Waals surface area contributed by atoms with Crippen LogP contribution in [-0.4, -0.2) is 24.0 Å². The van der Waals surface area contributed by atoms with E-state index < -0.39 is 0 Å². The van der Waals surface area contributed by atoms with Gasteiger partial charge in [-0.25, -0.2) is 0 Å². The van der Waals surface area contributed by atoms with Gasteiger partial charge in [0.1, 0.15) is 12.4 Å². The molecular formula is C18H22Cl3N3O2. The van der Waals surface area contributed by atoms with Gasteiger partial charge >= 0.3 is 0 Å². The van der Waals surface area contributed by atoms with Crippen molar-refractivity contribution in [2.24, 2.45) is 5.92 Å². The van der Waals surface area contributed by atoms with Crippen LogP contribution in [0.1, 0.15) is 18.5 Å². The lowest BCUT2D eigenvalue weighted by Crippen LogP contribution is -2.29. The Morgan fingerprint density at radius 3 is 2.69 bits per heavy atom. The summed E-state index contributed by atoms with van der Waals surface area (Å²) in [6, 6.07) is 10.9. The lowest BCUT2D eigenvalue weighted by molar-refractivity contribution is -0.115. The van der Waals surface area contributed by atoms with E-state index in [4.69, 9.17) is 16.3 Å². The Morgan fingerprint density at radius 2 is 2.04 bits per heavy atom. The first kappa shape index (κ1) is 22.5. The zero-order valence-electron chi connectivity index (χ0n) is 14.1. The maximum absolute atomic E-state index is 11.9. The highest BCUT2D eigenvalue weighted by atomic mass is 35.5. The normalized spacial score (nSPS) is 12.5. The topological polar surface area (TPSA) is 63.2 Å². The minimum Gasteiger partial charge on any atom is -0.486 e. The molecule has 1 aliphatic carbocycles. The van der Waals surface area contributed by atoms with E-state index >= 15 is 0 Å². The van der Waals surface area contributed by atoms with Crippen LogP contribution in [0.4, 0.5) is 5.69 Å². The predicted octanol–water partition coefficient (Wildman–Crippen LogP) is 4.10. The highest BCUT2D eigenvalue weighted by molar-refractivity contribution is 6.32. The second-order valence-electron chi connectivity index (χ2n) is 5.88. The van der Waals surface area contributed by atoms with Crippen molar-refractivity contribution in [3.8, 4) is 5.75 Å². The fourth-order valence-electron chi connectivity index (χ4n) is 2.25. The summed E-state index contributed by atoms with van der Waals surface area (Å²) in [5.41, 5.74) is 1.48. The van der Waals surface area contributed by atoms with Crippen molar-refractivity contribution in [1.29, 1.82) is 0 Å². The Hall–Kier alpha value is -1.53. The standard InChI is InChI=1S/C18H20ClN3O2.2ClH/c19-16-9-14(22-18(23)11-20-10-13-4-5-13)6-7-17(16)24-12-15-3-1-2-8-21-15;;/h1-3,6-9,13,20H,4-5,10-12H2,(H,22,23);2*1H. The second kappa shape index (κ2) is 11.2. The number of hydrogen-bond acceptors (Lipinski definition) is 4. The summed E-state index contributed by atoms with van der Waals surface area (Å²) in [6.45, 7) is 1.57. The Balaban J connectivity index is 0.00000169. The smallest absolute Gasteiger partial charge is 0.238 e. The van der Waals surface area contributed by atoms with Gasteiger partial charge in [-0.05, 0) is 55.6 Å². The molecule has 1 aromatic heterocycles. The lowest BCUT2D eigenvalue weighted by atomic mass is 10.3. The van der Waals surface area contributed by atoms with Gasteiger partial charge in [0.05, 0.1) is 17.3 Å². The van der Waals surface area contributed by atoms with Crippen LogP contribution in [-0.2, 0) is 11.4 Å². The van der Waals surface area contributed by atoms with Crippen LogP contribution in [0.3, 0.4) is 0 Å². The van der Waals surface area contributed by atoms with E-state index in [9.17, 15) is 4.79 Å². The zero-order valence-corrected chi connectivity index (χ0v) is 16.5. The van der Waals surface area contributed by atoms with Crippen molar-refractivity contribution < 1.29 is 9.53 Å². The number of aromatic nitrogens is 1. The Morgan fingerprint density at radius 1 is 1.23 bits per heavy atom. The molecular weight excluding hydrogens is 397 g/mol. The third kappa shape index (κ3) is 7.38. The van der Waals surface area contributed by atoms with Crippen LogP contribution in [0, 0.1) is 5.92 Å². The third-order valence-electron chi connectivity index (χ3n) is 3.73. The van der Waals surface area contributed by atoms with Gasteiger partial charge in [-0.3, -0.25) is 9.78 Å². The van der Waals surface area contributed by atoms with E-state index in [-0.39, 0.29) is 30.7 Å². The molecule has 1 heterocycles. The molecule has 0 bridgehead atoms. The molecule has 0 saturated heterocycles. The highest BCUT2D eigenvalue weighted by Gasteiger charge is 2.20. The van der Waals surface area contributed by atoms with Crippen molar-refractivity contribution >= 4 is 48.0 Å². The molecule has 0 aliphatic heterocycles. The minimum atomic E-state index is -0.0751. The van der Waals surface area contributed by atoms with Crippen LogP contribution < -0.4 is 15.4 Å². The van der Waals surface area contributed by atoms with Crippen molar-refractivity contribution in [2.75, 3.05) is 18.4 Å². The highest BCUT2D eigenvalue weighted by Crippen LogP contribution is 2.28. The number of carbonyl (C=O) groups is 1. The van der Waals surface area contributed by atoms with Gasteiger partial charge in [0.25, 0.3) is 0 Å². The molecule has 5 nitrogen and oxygen atoms in total. The third-order valence-corrected chi connectivity index (χ3v) is 4.03. The van der Waals surface area contributed by atoms with E-state index in [1.54, 1.807) is 24.4 Å². The molecule has 0 unspecified atom stereocenters. The zero-order chi connectivity index (χ0) is 16.8. The average molecular weight is 419 g/mol. The summed E-state index contributed by atoms with van der Waals surface area (Å²) in [7, 11) is 0. The number of anilines is 1. The molecule has 3 rings (SSSR count). The molecule has 26 heavy (non-hydrogen) atoms. The molecule has 1 amide bonds. The number of pyridine rings is 1. The molecule has 2 N–H and O–H groups in total. The summed E-state index contributed by atoms with van der Waals surface area (Å²) in [4.78, 5) is 16.1. The van der Waals surface area contributed by atoms with Gasteiger partial charge in [-0.15, -0.1) is 24.8 Å². The molecule has 1 aromatic carbocycles. The number of halogens is 3. The molecule has 1 fully saturated rings. The monoisotopic (exact) mass is 417 g/mol. The molecule has 0 atom stereocenters. The molecule has 2 aromatic rings. The van der Waals surface area contributed by atoms with Crippen LogP contribution in [0.15, 0.2) is 42.6 Å². The van der Waals surface area contributed by atoms with Crippen molar-refractivity contribution in [3.63, 3.8) is 0 Å². The summed E-state index contributed by atoms with van der Waals surface area (Å²) >= 11 is 6.22. The lowest BCUT2D eigenvalue weighted by Gasteiger charge is -2.10. The molecule has 1 saturated carbocycles. The maximum Gasteiger partial charge on any atom is 0.238 e. The molecule has 8 heteroatoms. The largest absolute Gasteiger partial charge is 0.486 e. The predicted molar refractivity (Wildman–Crippen MR) is 109 cm³/mol. The quantitative estimate of drug-likeness (QED) is 0.677. The van der Waals surface area contributed by atoms with Gasteiger partial charge in [0, 0.05) is 11.9 Å². The number of hydrogen-bond donors (Lipinski definition) is 2. The average Bonchev–Trinajstić information content (AvgIpc) is 3.39. The van der Waals surface area contributed by atoms with Gasteiger partial charge < -0.3 is 15.4 Å². The second-order valence-corrected chi connectivity index (χ2v) is 6.28. The van der Waals surface area contributed by atoms with Crippen molar-refractivity contribution in [1.82, 2.24) is 10.3 Å². The van der Waals surface area contributed by atoms with Crippen LogP contribution in [0.5, 0.6) is 5.75 Å². The number of amides is 1. The first-order valence-corrected chi connectivity index (χ1v) is 8.41. The minimum absolute atomic E-state index is 0. The molecule has 142 valence electrons. The number of rotatable bonds is 8. The number of nitrogens with zero attached hydrogens (tertiary/aromatic N) is 1. The van der Waals surface area contributed by atoms with Gasteiger partial charge in [0.2, 0.25) is 5.91 Å². The summed E-state index contributed by atoms with van der Waals surface area (Å²) in [5.74, 6) is 1.24. The fourth-order valence-corrected chi connectivity index (χ4v) is 2.48. The van der Waals surface area contributed by atoms with E-state index in [1.165, 1.54) is 12.8 Å². The number of nitrogens with one attached hydrogen (secondary N) is 2. The number of carbonyl (C=O) groups excluding carboxylic acids is 1. The number of benzene rings is 1. The summed E-state index contributed by atoms with van der Waals surface area (Å²) in [5, 5.41) is 6.43. The van der Waals surface area contributed by atoms with E-state index in [0.29, 0.717) is 29.6 Å². The Kier molecular flexibility index (Phi) is 9.73. The van der Waals surface area contributed by atoms with Crippen molar-refractivity contribution in [3.05, 3.63) is 53.3 Å². The molecule has 0 spiro atoms. The van der Waals surface area contributed by atoms with E-state index in [1.807, 2.05) is 18.2 Å². The van der Waals surface area contributed by atoms with Crippen LogP contribution >= 0.6 is 36.4 Å². The Bertz CT molecular complexity index is 697. The summed E-state index contributed by atoms with van der Waals surface area (Å²) < 4.78 is 5.66. The van der Waals surface area contributed by atoms with Crippen molar-refractivity contribution in [2.45, 2.75) is 19.4 Å². The SMILES string of the molecule is Cl.Cl.O=C(CNCC1CC1)Nc1ccc(OCc2ccccn2)c(Cl)c1. The first-order valence-electron chi connectivity index (χ1n) is 8.03. The van der Waals surface area contributed by atoms with Gasteiger partial charge in [0.15, 0.2) is 0 Å². The van der Waals surface area contributed by atoms with Gasteiger partial charge in [-0.2, -0.15) is 0 Å². The van der Waals surface area contributed by atoms with E-state index in [2.05, 4.69) is 15.6 Å². The summed E-state index contributed by atoms with van der Waals surface area (Å²) in [6.07, 6.45) is 4.25. The first-order chi connectivity index (χ1) is 11.7. The fraction of sp³-hybridized carbons (Fsp3) is 0.333. The Labute approximate surface area is 170 Å². The maximum atomic E-state index is 11.9. The number of ether oxygens (including phenoxy) is 1. The van der Waals surface area contributed by atoms with Crippen LogP contribution in [0.2, 0.25) is 5.02 Å². The van der Waals surface area contributed by atoms with E-state index in [0.717, 1.165) is 18.2 Å². The van der Waals surface area contributed by atoms with Crippen LogP contribution in [0.25, 0.3) is 0 Å². The molecule has 0 radical (unpaired) electrons.